The molecule has 1 rings (SSSR count). The first kappa shape index (κ1) is 17.9. The molecule has 0 aliphatic carbocycles. The summed E-state index contributed by atoms with van der Waals surface area (Å²) >= 11 is 1.69. The van der Waals surface area contributed by atoms with Gasteiger partial charge in [-0.2, -0.15) is 0 Å². The Morgan fingerprint density at radius 1 is 1.38 bits per heavy atom. The predicted molar refractivity (Wildman–Crippen MR) is 88.8 cm³/mol. The third-order valence-electron chi connectivity index (χ3n) is 2.58. The van der Waals surface area contributed by atoms with E-state index in [4.69, 9.17) is 4.74 Å². The third-order valence-corrected chi connectivity index (χ3v) is 3.45. The number of aliphatic imine (C=N–C) groups is 1. The van der Waals surface area contributed by atoms with Crippen LogP contribution < -0.4 is 10.6 Å². The molecule has 0 spiro atoms. The Kier molecular flexibility index (Phi) is 9.05. The number of thiophene rings is 1. The second-order valence-corrected chi connectivity index (χ2v) is 6.27. The molecule has 0 saturated heterocycles. The van der Waals surface area contributed by atoms with E-state index in [1.165, 1.54) is 4.88 Å². The van der Waals surface area contributed by atoms with Crippen molar-refractivity contribution in [2.45, 2.75) is 33.4 Å². The van der Waals surface area contributed by atoms with Gasteiger partial charge in [-0.15, -0.1) is 11.3 Å². The molecule has 0 bridgehead atoms. The molecular weight excluding hydrogens is 286 g/mol. The van der Waals surface area contributed by atoms with E-state index in [0.717, 1.165) is 6.54 Å². The monoisotopic (exact) mass is 313 g/mol. The lowest BCUT2D eigenvalue weighted by Crippen LogP contribution is -2.42. The van der Waals surface area contributed by atoms with Crippen LogP contribution in [0.5, 0.6) is 0 Å². The molecule has 0 aromatic carbocycles. The number of nitrogens with one attached hydrogen (secondary N) is 2. The Hall–Kier alpha value is -1.11. The number of guanidine groups is 1. The van der Waals surface area contributed by atoms with Crippen LogP contribution in [0.4, 0.5) is 0 Å². The van der Waals surface area contributed by atoms with E-state index in [1.54, 1.807) is 11.3 Å². The molecule has 21 heavy (non-hydrogen) atoms. The van der Waals surface area contributed by atoms with E-state index in [1.807, 2.05) is 18.4 Å². The summed E-state index contributed by atoms with van der Waals surface area (Å²) in [6, 6.07) is 4.08. The number of hydrogen-bond donors (Lipinski definition) is 3. The number of ether oxygens (including phenoxy) is 1. The number of rotatable bonds is 9. The molecular formula is C15H27N3O2S. The molecule has 0 aliphatic heterocycles. The molecule has 120 valence electrons. The fourth-order valence-corrected chi connectivity index (χ4v) is 2.24. The van der Waals surface area contributed by atoms with Crippen LogP contribution >= 0.6 is 11.3 Å². The Balaban J connectivity index is 2.31. The molecule has 6 heteroatoms. The molecule has 1 unspecified atom stereocenters. The fraction of sp³-hybridized carbons (Fsp3) is 0.667. The van der Waals surface area contributed by atoms with E-state index in [0.29, 0.717) is 38.2 Å². The normalized spacial score (nSPS) is 13.5. The van der Waals surface area contributed by atoms with Crippen molar-refractivity contribution in [1.29, 1.82) is 0 Å². The van der Waals surface area contributed by atoms with Gasteiger partial charge in [0.2, 0.25) is 0 Å². The van der Waals surface area contributed by atoms with Crippen LogP contribution in [0.15, 0.2) is 22.5 Å². The van der Waals surface area contributed by atoms with Crippen LogP contribution in [-0.4, -0.2) is 43.5 Å². The second kappa shape index (κ2) is 10.6. The van der Waals surface area contributed by atoms with Crippen LogP contribution in [0.2, 0.25) is 0 Å². The van der Waals surface area contributed by atoms with Crippen molar-refractivity contribution >= 4 is 17.3 Å². The number of hydrogen-bond acceptors (Lipinski definition) is 4. The van der Waals surface area contributed by atoms with E-state index >= 15 is 0 Å². The summed E-state index contributed by atoms with van der Waals surface area (Å²) < 4.78 is 5.42. The maximum absolute atomic E-state index is 9.86. The largest absolute Gasteiger partial charge is 0.389 e. The minimum atomic E-state index is -0.533. The third kappa shape index (κ3) is 8.70. The van der Waals surface area contributed by atoms with Gasteiger partial charge >= 0.3 is 0 Å². The van der Waals surface area contributed by atoms with Gasteiger partial charge in [-0.05, 0) is 24.3 Å². The van der Waals surface area contributed by atoms with E-state index < -0.39 is 6.10 Å². The molecule has 0 radical (unpaired) electrons. The van der Waals surface area contributed by atoms with Crippen LogP contribution in [0.25, 0.3) is 0 Å². The van der Waals surface area contributed by atoms with Gasteiger partial charge in [0.25, 0.3) is 0 Å². The highest BCUT2D eigenvalue weighted by atomic mass is 32.1. The molecule has 1 atom stereocenters. The highest BCUT2D eigenvalue weighted by Gasteiger charge is 2.06. The van der Waals surface area contributed by atoms with Crippen molar-refractivity contribution in [3.63, 3.8) is 0 Å². The zero-order valence-corrected chi connectivity index (χ0v) is 13.9. The first-order valence-electron chi connectivity index (χ1n) is 7.42. The Morgan fingerprint density at radius 2 is 2.19 bits per heavy atom. The minimum Gasteiger partial charge on any atom is -0.389 e. The van der Waals surface area contributed by atoms with Gasteiger partial charge < -0.3 is 20.5 Å². The number of aliphatic hydroxyl groups excluding tert-OH is 1. The lowest BCUT2D eigenvalue weighted by atomic mass is 10.2. The highest BCUT2D eigenvalue weighted by molar-refractivity contribution is 7.09. The van der Waals surface area contributed by atoms with E-state index in [-0.39, 0.29) is 0 Å². The average molecular weight is 313 g/mol. The van der Waals surface area contributed by atoms with Crippen molar-refractivity contribution in [3.8, 4) is 0 Å². The summed E-state index contributed by atoms with van der Waals surface area (Å²) in [4.78, 5) is 5.71. The standard InChI is InChI=1S/C15H27N3O2S/c1-4-16-15(18-9-14-6-5-7-21-14)17-8-13(19)11-20-10-12(2)3/h5-7,12-13,19H,4,8-11H2,1-3H3,(H2,16,17,18). The van der Waals surface area contributed by atoms with Crippen LogP contribution in [0, 0.1) is 5.92 Å². The smallest absolute Gasteiger partial charge is 0.191 e. The summed E-state index contributed by atoms with van der Waals surface area (Å²) in [5.74, 6) is 1.20. The van der Waals surface area contributed by atoms with Crippen LogP contribution in [0.3, 0.4) is 0 Å². The zero-order chi connectivity index (χ0) is 15.5. The van der Waals surface area contributed by atoms with Crippen LogP contribution in [0.1, 0.15) is 25.6 Å². The fourth-order valence-electron chi connectivity index (χ4n) is 1.61. The van der Waals surface area contributed by atoms with Crippen molar-refractivity contribution in [3.05, 3.63) is 22.4 Å². The second-order valence-electron chi connectivity index (χ2n) is 5.24. The van der Waals surface area contributed by atoms with Gasteiger partial charge in [-0.1, -0.05) is 19.9 Å². The summed E-state index contributed by atoms with van der Waals surface area (Å²) in [6.45, 7) is 9.07. The molecule has 0 saturated carbocycles. The molecule has 3 N–H and O–H groups in total. The topological polar surface area (TPSA) is 65.9 Å². The quantitative estimate of drug-likeness (QED) is 0.481. The summed E-state index contributed by atoms with van der Waals surface area (Å²) in [7, 11) is 0. The lowest BCUT2D eigenvalue weighted by Gasteiger charge is -2.16. The average Bonchev–Trinajstić information content (AvgIpc) is 2.94. The van der Waals surface area contributed by atoms with Gasteiger partial charge in [0, 0.05) is 24.6 Å². The number of nitrogens with zero attached hydrogens (tertiary/aromatic N) is 1. The Labute approximate surface area is 131 Å². The van der Waals surface area contributed by atoms with Crippen molar-refractivity contribution in [2.75, 3.05) is 26.3 Å². The molecule has 1 aromatic rings. The van der Waals surface area contributed by atoms with E-state index in [2.05, 4.69) is 35.5 Å². The first-order valence-corrected chi connectivity index (χ1v) is 8.30. The summed E-state index contributed by atoms with van der Waals surface area (Å²) in [5.41, 5.74) is 0. The zero-order valence-electron chi connectivity index (χ0n) is 13.1. The van der Waals surface area contributed by atoms with Gasteiger partial charge in [-0.25, -0.2) is 4.99 Å². The summed E-state index contributed by atoms with van der Waals surface area (Å²) in [6.07, 6.45) is -0.533. The van der Waals surface area contributed by atoms with E-state index in [9.17, 15) is 5.11 Å². The van der Waals surface area contributed by atoms with Gasteiger partial charge in [0.05, 0.1) is 19.3 Å². The summed E-state index contributed by atoms with van der Waals surface area (Å²) in [5, 5.41) is 18.2. The molecule has 1 aromatic heterocycles. The predicted octanol–water partition coefficient (Wildman–Crippen LogP) is 1.84. The highest BCUT2D eigenvalue weighted by Crippen LogP contribution is 2.09. The van der Waals surface area contributed by atoms with Crippen LogP contribution in [-0.2, 0) is 11.3 Å². The number of aliphatic hydroxyl groups is 1. The van der Waals surface area contributed by atoms with Gasteiger partial charge in [-0.3, -0.25) is 0 Å². The SMILES string of the molecule is CCNC(=NCc1cccs1)NCC(O)COCC(C)C. The Bertz CT molecular complexity index is 394. The minimum absolute atomic E-state index is 0.343. The van der Waals surface area contributed by atoms with Crippen molar-refractivity contribution < 1.29 is 9.84 Å². The maximum atomic E-state index is 9.86. The van der Waals surface area contributed by atoms with Gasteiger partial charge in [0.1, 0.15) is 0 Å². The van der Waals surface area contributed by atoms with Crippen molar-refractivity contribution in [1.82, 2.24) is 10.6 Å². The molecule has 0 aliphatic rings. The molecule has 1 heterocycles. The molecule has 5 nitrogen and oxygen atoms in total. The van der Waals surface area contributed by atoms with Crippen molar-refractivity contribution in [2.24, 2.45) is 10.9 Å². The van der Waals surface area contributed by atoms with Gasteiger partial charge in [0.15, 0.2) is 5.96 Å². The maximum Gasteiger partial charge on any atom is 0.191 e. The lowest BCUT2D eigenvalue weighted by molar-refractivity contribution is 0.0280. The molecule has 0 amide bonds. The first-order chi connectivity index (χ1) is 10.1. The molecule has 0 fully saturated rings. The Morgan fingerprint density at radius 3 is 2.81 bits per heavy atom.